The first kappa shape index (κ1) is 12.5. The van der Waals surface area contributed by atoms with Gasteiger partial charge in [-0.2, -0.15) is 10.1 Å². The summed E-state index contributed by atoms with van der Waals surface area (Å²) in [6, 6.07) is 8.12. The minimum Gasteiger partial charge on any atom is -0.332 e. The molecule has 2 N–H and O–H groups in total. The van der Waals surface area contributed by atoms with Gasteiger partial charge in [-0.15, -0.1) is 0 Å². The minimum atomic E-state index is 0.190. The number of aromatic nitrogens is 4. The molecule has 0 amide bonds. The van der Waals surface area contributed by atoms with E-state index >= 15 is 0 Å². The Morgan fingerprint density at radius 3 is 3.10 bits per heavy atom. The summed E-state index contributed by atoms with van der Waals surface area (Å²) in [5, 5.41) is 15.9. The van der Waals surface area contributed by atoms with Gasteiger partial charge in [0.1, 0.15) is 0 Å². The van der Waals surface area contributed by atoms with Gasteiger partial charge in [0.25, 0.3) is 5.89 Å². The molecule has 1 saturated heterocycles. The van der Waals surface area contributed by atoms with E-state index in [1.807, 2.05) is 24.3 Å². The summed E-state index contributed by atoms with van der Waals surface area (Å²) < 4.78 is 5.43. The van der Waals surface area contributed by atoms with E-state index in [4.69, 9.17) is 4.52 Å². The standard InChI is InChI=1S/C15H17N5O/c1-2-8-12(16-9-5-1)14-17-15(21-20-14)13-10-6-3-4-7-11(10)18-19-13/h3-4,6-7,12,16H,1-2,5,8-9H2,(H,18,19). The van der Waals surface area contributed by atoms with Crippen LogP contribution in [0.1, 0.15) is 37.5 Å². The number of benzene rings is 1. The fourth-order valence-electron chi connectivity index (χ4n) is 2.85. The lowest BCUT2D eigenvalue weighted by Crippen LogP contribution is -2.21. The summed E-state index contributed by atoms with van der Waals surface area (Å²) >= 11 is 0. The van der Waals surface area contributed by atoms with Gasteiger partial charge in [-0.1, -0.05) is 36.2 Å². The van der Waals surface area contributed by atoms with Gasteiger partial charge in [0, 0.05) is 5.39 Å². The van der Waals surface area contributed by atoms with Crippen molar-refractivity contribution in [3.63, 3.8) is 0 Å². The molecular formula is C15H17N5O. The van der Waals surface area contributed by atoms with Crippen molar-refractivity contribution in [3.05, 3.63) is 30.1 Å². The molecule has 1 fully saturated rings. The van der Waals surface area contributed by atoms with Crippen molar-refractivity contribution < 1.29 is 4.52 Å². The molecular weight excluding hydrogens is 266 g/mol. The van der Waals surface area contributed by atoms with Gasteiger partial charge in [-0.25, -0.2) is 0 Å². The Morgan fingerprint density at radius 2 is 2.10 bits per heavy atom. The maximum Gasteiger partial charge on any atom is 0.279 e. The van der Waals surface area contributed by atoms with E-state index in [0.29, 0.717) is 5.89 Å². The molecule has 1 atom stereocenters. The van der Waals surface area contributed by atoms with E-state index in [0.717, 1.165) is 35.4 Å². The first-order valence-corrected chi connectivity index (χ1v) is 7.42. The Bertz CT molecular complexity index is 739. The van der Waals surface area contributed by atoms with Crippen molar-refractivity contribution in [1.29, 1.82) is 0 Å². The first-order chi connectivity index (χ1) is 10.4. The third-order valence-corrected chi connectivity index (χ3v) is 3.99. The Hall–Kier alpha value is -2.21. The van der Waals surface area contributed by atoms with Gasteiger partial charge < -0.3 is 9.84 Å². The zero-order valence-corrected chi connectivity index (χ0v) is 11.7. The highest BCUT2D eigenvalue weighted by atomic mass is 16.5. The van der Waals surface area contributed by atoms with Crippen LogP contribution < -0.4 is 5.32 Å². The highest BCUT2D eigenvalue weighted by Crippen LogP contribution is 2.27. The van der Waals surface area contributed by atoms with Crippen LogP contribution in [-0.2, 0) is 0 Å². The lowest BCUT2D eigenvalue weighted by atomic mass is 10.1. The third-order valence-electron chi connectivity index (χ3n) is 3.99. The number of aromatic amines is 1. The van der Waals surface area contributed by atoms with Crippen LogP contribution in [0.5, 0.6) is 0 Å². The van der Waals surface area contributed by atoms with Gasteiger partial charge in [-0.3, -0.25) is 5.10 Å². The van der Waals surface area contributed by atoms with Gasteiger partial charge in [0.2, 0.25) is 0 Å². The van der Waals surface area contributed by atoms with Crippen LogP contribution in [0.4, 0.5) is 0 Å². The summed E-state index contributed by atoms with van der Waals surface area (Å²) in [7, 11) is 0. The van der Waals surface area contributed by atoms with Crippen LogP contribution in [0.3, 0.4) is 0 Å². The van der Waals surface area contributed by atoms with E-state index in [1.54, 1.807) is 0 Å². The SMILES string of the molecule is c1ccc2c(-c3nc(C4CCCCCN4)no3)n[nH]c2c1. The molecule has 108 valence electrons. The first-order valence-electron chi connectivity index (χ1n) is 7.42. The van der Waals surface area contributed by atoms with Crippen LogP contribution in [0.25, 0.3) is 22.5 Å². The molecule has 3 aromatic rings. The van der Waals surface area contributed by atoms with Crippen molar-refractivity contribution in [2.24, 2.45) is 0 Å². The average molecular weight is 283 g/mol. The summed E-state index contributed by atoms with van der Waals surface area (Å²) in [4.78, 5) is 4.55. The molecule has 1 unspecified atom stereocenters. The molecule has 6 nitrogen and oxygen atoms in total. The zero-order chi connectivity index (χ0) is 14.1. The number of rotatable bonds is 2. The Kier molecular flexibility index (Phi) is 3.16. The highest BCUT2D eigenvalue weighted by Gasteiger charge is 2.21. The van der Waals surface area contributed by atoms with E-state index in [-0.39, 0.29) is 6.04 Å². The highest BCUT2D eigenvalue weighted by molar-refractivity contribution is 5.90. The number of nitrogens with zero attached hydrogens (tertiary/aromatic N) is 3. The van der Waals surface area contributed by atoms with Gasteiger partial charge in [0.05, 0.1) is 11.6 Å². The molecule has 1 aliphatic rings. The van der Waals surface area contributed by atoms with Crippen molar-refractivity contribution in [3.8, 4) is 11.6 Å². The fourth-order valence-corrected chi connectivity index (χ4v) is 2.85. The Balaban J connectivity index is 1.67. The second-order valence-corrected chi connectivity index (χ2v) is 5.43. The number of hydrogen-bond donors (Lipinski definition) is 2. The third kappa shape index (κ3) is 2.31. The number of H-pyrrole nitrogens is 1. The minimum absolute atomic E-state index is 0.190. The molecule has 0 spiro atoms. The molecule has 4 rings (SSSR count). The zero-order valence-electron chi connectivity index (χ0n) is 11.7. The molecule has 0 bridgehead atoms. The number of nitrogens with one attached hydrogen (secondary N) is 2. The summed E-state index contributed by atoms with van der Waals surface area (Å²) in [6.07, 6.45) is 4.73. The normalized spacial score (nSPS) is 19.7. The second kappa shape index (κ2) is 5.29. The predicted octanol–water partition coefficient (Wildman–Crippen LogP) is 2.82. The lowest BCUT2D eigenvalue weighted by molar-refractivity contribution is 0.402. The molecule has 2 aromatic heterocycles. The van der Waals surface area contributed by atoms with Gasteiger partial charge in [0.15, 0.2) is 11.5 Å². The number of hydrogen-bond acceptors (Lipinski definition) is 5. The molecule has 1 aromatic carbocycles. The van der Waals surface area contributed by atoms with Crippen LogP contribution in [-0.4, -0.2) is 26.9 Å². The molecule has 6 heteroatoms. The van der Waals surface area contributed by atoms with Gasteiger partial charge in [-0.05, 0) is 25.5 Å². The Labute approximate surface area is 121 Å². The van der Waals surface area contributed by atoms with Crippen molar-refractivity contribution in [2.45, 2.75) is 31.7 Å². The number of fused-ring (bicyclic) bond motifs is 1. The largest absolute Gasteiger partial charge is 0.332 e. The van der Waals surface area contributed by atoms with Gasteiger partial charge >= 0.3 is 0 Å². The van der Waals surface area contributed by atoms with E-state index in [2.05, 4.69) is 25.7 Å². The monoisotopic (exact) mass is 283 g/mol. The lowest BCUT2D eigenvalue weighted by Gasteiger charge is -2.09. The van der Waals surface area contributed by atoms with Crippen molar-refractivity contribution in [1.82, 2.24) is 25.7 Å². The van der Waals surface area contributed by atoms with E-state index < -0.39 is 0 Å². The predicted molar refractivity (Wildman–Crippen MR) is 78.6 cm³/mol. The van der Waals surface area contributed by atoms with Crippen LogP contribution in [0.15, 0.2) is 28.8 Å². The maximum atomic E-state index is 5.43. The summed E-state index contributed by atoms with van der Waals surface area (Å²) in [6.45, 7) is 1.01. The summed E-state index contributed by atoms with van der Waals surface area (Å²) in [5.74, 6) is 1.22. The second-order valence-electron chi connectivity index (χ2n) is 5.43. The molecule has 21 heavy (non-hydrogen) atoms. The van der Waals surface area contributed by atoms with Crippen LogP contribution >= 0.6 is 0 Å². The summed E-state index contributed by atoms with van der Waals surface area (Å²) in [5.41, 5.74) is 1.69. The molecule has 1 aliphatic heterocycles. The van der Waals surface area contributed by atoms with Crippen molar-refractivity contribution in [2.75, 3.05) is 6.54 Å². The smallest absolute Gasteiger partial charge is 0.279 e. The number of para-hydroxylation sites is 1. The van der Waals surface area contributed by atoms with Crippen molar-refractivity contribution >= 4 is 10.9 Å². The topological polar surface area (TPSA) is 79.6 Å². The fraction of sp³-hybridized carbons (Fsp3) is 0.400. The van der Waals surface area contributed by atoms with E-state index in [9.17, 15) is 0 Å². The molecule has 0 saturated carbocycles. The average Bonchev–Trinajstić information content (AvgIpc) is 3.07. The molecule has 3 heterocycles. The van der Waals surface area contributed by atoms with Crippen LogP contribution in [0.2, 0.25) is 0 Å². The van der Waals surface area contributed by atoms with E-state index in [1.165, 1.54) is 19.3 Å². The quantitative estimate of drug-likeness (QED) is 0.756. The maximum absolute atomic E-state index is 5.43. The molecule has 0 aliphatic carbocycles. The molecule has 0 radical (unpaired) electrons. The van der Waals surface area contributed by atoms with Crippen LogP contribution in [0, 0.1) is 0 Å². The Morgan fingerprint density at radius 1 is 1.14 bits per heavy atom.